The number of hydrogen-bond donors (Lipinski definition) is 0. The third kappa shape index (κ3) is 3.58. The highest BCUT2D eigenvalue weighted by atomic mass is 32.1. The van der Waals surface area contributed by atoms with Gasteiger partial charge in [-0.1, -0.05) is 92.7 Å². The molecule has 0 N–H and O–H groups in total. The van der Waals surface area contributed by atoms with E-state index < -0.39 is 0 Å². The molecule has 0 fully saturated rings. The maximum Gasteiger partial charge on any atom is 0.137 e. The molecule has 0 unspecified atom stereocenters. The number of thiophene rings is 1. The van der Waals surface area contributed by atoms with Gasteiger partial charge in [0.25, 0.3) is 0 Å². The Morgan fingerprint density at radius 2 is 1.24 bits per heavy atom. The largest absolute Gasteiger partial charge is 0.456 e. The van der Waals surface area contributed by atoms with Crippen LogP contribution in [0.15, 0.2) is 144 Å². The molecular formula is C43H29NOS. The molecule has 0 spiro atoms. The Bertz CT molecular complexity index is 2690. The SMILES string of the molecule is CC1(C)c2ccccc2-c2cc(N(c3ccc4c(c3)oc3ccccc34)c3cccc4cc5c(cc34)sc3ccccc35)ccc21. The summed E-state index contributed by atoms with van der Waals surface area (Å²) in [6, 6.07) is 51.0. The maximum absolute atomic E-state index is 6.42. The first-order valence-electron chi connectivity index (χ1n) is 15.8. The Morgan fingerprint density at radius 3 is 2.17 bits per heavy atom. The second-order valence-electron chi connectivity index (χ2n) is 13.0. The van der Waals surface area contributed by atoms with E-state index in [2.05, 4.69) is 146 Å². The average Bonchev–Trinajstić information content (AvgIpc) is 3.71. The van der Waals surface area contributed by atoms with Crippen LogP contribution in [-0.4, -0.2) is 0 Å². The monoisotopic (exact) mass is 607 g/mol. The van der Waals surface area contributed by atoms with E-state index in [-0.39, 0.29) is 5.41 Å². The smallest absolute Gasteiger partial charge is 0.137 e. The summed E-state index contributed by atoms with van der Waals surface area (Å²) in [5, 5.41) is 7.38. The number of fused-ring (bicyclic) bond motifs is 10. The van der Waals surface area contributed by atoms with Gasteiger partial charge in [-0.3, -0.25) is 0 Å². The summed E-state index contributed by atoms with van der Waals surface area (Å²) in [6.07, 6.45) is 0. The van der Waals surface area contributed by atoms with Crippen LogP contribution < -0.4 is 4.90 Å². The van der Waals surface area contributed by atoms with Crippen molar-refractivity contribution in [3.8, 4) is 11.1 Å². The predicted octanol–water partition coefficient (Wildman–Crippen LogP) is 12.9. The summed E-state index contributed by atoms with van der Waals surface area (Å²) in [6.45, 7) is 4.68. The quantitative estimate of drug-likeness (QED) is 0.199. The van der Waals surface area contributed by atoms with E-state index in [4.69, 9.17) is 4.42 Å². The highest BCUT2D eigenvalue weighted by Gasteiger charge is 2.35. The summed E-state index contributed by atoms with van der Waals surface area (Å²) in [5.74, 6) is 0. The van der Waals surface area contributed by atoms with Crippen LogP contribution in [-0.2, 0) is 5.41 Å². The Balaban J connectivity index is 1.25. The lowest BCUT2D eigenvalue weighted by Crippen LogP contribution is -2.15. The van der Waals surface area contributed by atoms with Crippen molar-refractivity contribution in [2.24, 2.45) is 0 Å². The molecule has 2 aromatic heterocycles. The molecule has 10 rings (SSSR count). The van der Waals surface area contributed by atoms with E-state index in [0.29, 0.717) is 0 Å². The Morgan fingerprint density at radius 1 is 0.500 bits per heavy atom. The molecule has 0 saturated heterocycles. The van der Waals surface area contributed by atoms with E-state index in [1.807, 2.05) is 23.5 Å². The second-order valence-corrected chi connectivity index (χ2v) is 14.0. The fourth-order valence-corrected chi connectivity index (χ4v) is 8.93. The van der Waals surface area contributed by atoms with Crippen molar-refractivity contribution in [1.29, 1.82) is 0 Å². The highest BCUT2D eigenvalue weighted by Crippen LogP contribution is 2.51. The van der Waals surface area contributed by atoms with E-state index in [1.54, 1.807) is 0 Å². The van der Waals surface area contributed by atoms with Gasteiger partial charge in [-0.05, 0) is 82.2 Å². The van der Waals surface area contributed by atoms with Crippen molar-refractivity contribution in [2.45, 2.75) is 19.3 Å². The molecule has 1 aliphatic carbocycles. The van der Waals surface area contributed by atoms with E-state index >= 15 is 0 Å². The molecule has 2 nitrogen and oxygen atoms in total. The van der Waals surface area contributed by atoms with Gasteiger partial charge < -0.3 is 9.32 Å². The summed E-state index contributed by atoms with van der Waals surface area (Å²) in [5.41, 5.74) is 10.5. The van der Waals surface area contributed by atoms with Crippen molar-refractivity contribution in [3.05, 3.63) is 151 Å². The fraction of sp³-hybridized carbons (Fsp3) is 0.0698. The van der Waals surface area contributed by atoms with Crippen molar-refractivity contribution in [2.75, 3.05) is 4.90 Å². The van der Waals surface area contributed by atoms with Crippen LogP contribution in [0.4, 0.5) is 17.1 Å². The summed E-state index contributed by atoms with van der Waals surface area (Å²) in [7, 11) is 0. The number of rotatable bonds is 3. The third-order valence-electron chi connectivity index (χ3n) is 10.0. The highest BCUT2D eigenvalue weighted by molar-refractivity contribution is 7.25. The molecule has 1 aliphatic rings. The van der Waals surface area contributed by atoms with Crippen molar-refractivity contribution >= 4 is 81.3 Å². The van der Waals surface area contributed by atoms with Gasteiger partial charge >= 0.3 is 0 Å². The zero-order chi connectivity index (χ0) is 30.6. The Labute approximate surface area is 270 Å². The van der Waals surface area contributed by atoms with Gasteiger partial charge in [0, 0.05) is 59.2 Å². The number of nitrogens with zero attached hydrogens (tertiary/aromatic N) is 1. The van der Waals surface area contributed by atoms with E-state index in [0.717, 1.165) is 39.0 Å². The van der Waals surface area contributed by atoms with Crippen molar-refractivity contribution < 1.29 is 4.42 Å². The second kappa shape index (κ2) is 9.32. The lowest BCUT2D eigenvalue weighted by Gasteiger charge is -2.28. The summed E-state index contributed by atoms with van der Waals surface area (Å²) >= 11 is 1.87. The Kier molecular flexibility index (Phi) is 5.25. The predicted molar refractivity (Wildman–Crippen MR) is 196 cm³/mol. The number of hydrogen-bond acceptors (Lipinski definition) is 3. The van der Waals surface area contributed by atoms with Gasteiger partial charge in [-0.2, -0.15) is 0 Å². The normalized spacial score (nSPS) is 13.6. The molecule has 0 bridgehead atoms. The van der Waals surface area contributed by atoms with Gasteiger partial charge in [0.15, 0.2) is 0 Å². The van der Waals surface area contributed by atoms with Gasteiger partial charge in [0.1, 0.15) is 11.2 Å². The molecule has 0 amide bonds. The molecule has 9 aromatic rings. The lowest BCUT2D eigenvalue weighted by molar-refractivity contribution is 0.660. The lowest BCUT2D eigenvalue weighted by atomic mass is 9.82. The number of furan rings is 1. The van der Waals surface area contributed by atoms with Crippen LogP contribution in [0.2, 0.25) is 0 Å². The first kappa shape index (κ1) is 25.9. The standard InChI is InChI=1S/C43H29NOS/c1-43(2)36-14-6-3-11-29(36)34-23-27(19-21-37(34)43)44(28-18-20-31-30-12-4-7-16-39(30)45-40(31)24-28)38-15-9-10-26-22-35-32-13-5-8-17-41(32)46-42(35)25-33(26)38/h3-25H,1-2H3. The molecule has 0 aliphatic heterocycles. The van der Waals surface area contributed by atoms with E-state index in [1.165, 1.54) is 53.2 Å². The number of anilines is 3. The fourth-order valence-electron chi connectivity index (χ4n) is 7.80. The molecule has 2 heterocycles. The number of benzene rings is 7. The summed E-state index contributed by atoms with van der Waals surface area (Å²) < 4.78 is 9.04. The zero-order valence-corrected chi connectivity index (χ0v) is 26.4. The molecule has 7 aromatic carbocycles. The summed E-state index contributed by atoms with van der Waals surface area (Å²) in [4.78, 5) is 2.42. The van der Waals surface area contributed by atoms with E-state index in [9.17, 15) is 0 Å². The van der Waals surface area contributed by atoms with Crippen LogP contribution in [0.3, 0.4) is 0 Å². The van der Waals surface area contributed by atoms with Gasteiger partial charge in [-0.15, -0.1) is 11.3 Å². The molecule has 0 atom stereocenters. The molecular weight excluding hydrogens is 579 g/mol. The average molecular weight is 608 g/mol. The molecule has 0 radical (unpaired) electrons. The van der Waals surface area contributed by atoms with Gasteiger partial charge in [0.05, 0.1) is 5.69 Å². The molecule has 46 heavy (non-hydrogen) atoms. The maximum atomic E-state index is 6.42. The topological polar surface area (TPSA) is 16.4 Å². The van der Waals surface area contributed by atoms with Crippen molar-refractivity contribution in [1.82, 2.24) is 0 Å². The third-order valence-corrected chi connectivity index (χ3v) is 11.2. The molecule has 0 saturated carbocycles. The van der Waals surface area contributed by atoms with Crippen LogP contribution in [0.5, 0.6) is 0 Å². The Hall–Kier alpha value is -5.38. The first-order valence-corrected chi connectivity index (χ1v) is 16.7. The van der Waals surface area contributed by atoms with Gasteiger partial charge in [0.2, 0.25) is 0 Å². The van der Waals surface area contributed by atoms with Crippen LogP contribution in [0, 0.1) is 0 Å². The molecule has 3 heteroatoms. The van der Waals surface area contributed by atoms with Crippen LogP contribution in [0.1, 0.15) is 25.0 Å². The minimum Gasteiger partial charge on any atom is -0.456 e. The minimum absolute atomic E-state index is 0.0469. The number of para-hydroxylation sites is 1. The zero-order valence-electron chi connectivity index (χ0n) is 25.5. The van der Waals surface area contributed by atoms with Crippen LogP contribution >= 0.6 is 11.3 Å². The van der Waals surface area contributed by atoms with Crippen molar-refractivity contribution in [3.63, 3.8) is 0 Å². The first-order chi connectivity index (χ1) is 22.5. The molecule has 218 valence electrons. The van der Waals surface area contributed by atoms with Crippen LogP contribution in [0.25, 0.3) is 64.0 Å². The minimum atomic E-state index is -0.0469. The van der Waals surface area contributed by atoms with Gasteiger partial charge in [-0.25, -0.2) is 0 Å².